The predicted octanol–water partition coefficient (Wildman–Crippen LogP) is 4.73. The van der Waals surface area contributed by atoms with Crippen LogP contribution in [-0.4, -0.2) is 68.3 Å². The summed E-state index contributed by atoms with van der Waals surface area (Å²) in [5, 5.41) is 16.8. The molecule has 0 saturated carbocycles. The molecule has 1 aliphatic rings. The van der Waals surface area contributed by atoms with Crippen molar-refractivity contribution in [2.24, 2.45) is 0 Å². The third kappa shape index (κ3) is 10.3. The summed E-state index contributed by atoms with van der Waals surface area (Å²) in [4.78, 5) is 54.4. The van der Waals surface area contributed by atoms with Crippen LogP contribution in [0.4, 0.5) is 16.2 Å². The molecular formula is C25H31N5O6S3. The number of aryl methyl sites for hydroxylation is 1. The summed E-state index contributed by atoms with van der Waals surface area (Å²) in [6, 6.07) is 9.02. The number of carbonyl (C=O) groups excluding carboxylic acids is 3. The van der Waals surface area contributed by atoms with Gasteiger partial charge in [0.05, 0.1) is 10.8 Å². The fourth-order valence-electron chi connectivity index (χ4n) is 3.38. The van der Waals surface area contributed by atoms with E-state index in [-0.39, 0.29) is 22.4 Å². The molecule has 0 aliphatic carbocycles. The van der Waals surface area contributed by atoms with Gasteiger partial charge in [0, 0.05) is 42.4 Å². The quantitative estimate of drug-likeness (QED) is 0.213. The molecule has 2 heterocycles. The molecule has 11 nitrogen and oxygen atoms in total. The number of aromatic nitrogens is 1. The lowest BCUT2D eigenvalue weighted by molar-refractivity contribution is -0.388. The third-order valence-electron chi connectivity index (χ3n) is 5.28. The summed E-state index contributed by atoms with van der Waals surface area (Å²) in [6.45, 7) is 5.94. The Labute approximate surface area is 239 Å². The number of thioether (sulfide) groups is 1. The second kappa shape index (κ2) is 14.4. The first kappa shape index (κ1) is 30.6. The monoisotopic (exact) mass is 593 g/mol. The molecule has 1 saturated heterocycles. The van der Waals surface area contributed by atoms with Gasteiger partial charge in [-0.05, 0) is 61.7 Å². The highest BCUT2D eigenvalue weighted by Crippen LogP contribution is 2.35. The van der Waals surface area contributed by atoms with Gasteiger partial charge in [-0.1, -0.05) is 22.9 Å². The van der Waals surface area contributed by atoms with E-state index in [1.165, 1.54) is 18.3 Å². The van der Waals surface area contributed by atoms with Gasteiger partial charge < -0.3 is 20.3 Å². The average molecular weight is 594 g/mol. The molecule has 1 aliphatic heterocycles. The molecule has 2 N–H and O–H groups in total. The van der Waals surface area contributed by atoms with Gasteiger partial charge in [0.2, 0.25) is 11.8 Å². The first-order valence-electron chi connectivity index (χ1n) is 12.2. The number of nitrogens with zero attached hydrogens (tertiary/aromatic N) is 3. The van der Waals surface area contributed by atoms with Crippen molar-refractivity contribution in [3.8, 4) is 0 Å². The fraction of sp³-hybridized carbons (Fsp3) is 0.440. The summed E-state index contributed by atoms with van der Waals surface area (Å²) >= 11 is 1.75. The molecule has 39 heavy (non-hydrogen) atoms. The molecule has 0 bridgehead atoms. The summed E-state index contributed by atoms with van der Waals surface area (Å²) < 4.78 is 5.30. The predicted molar refractivity (Wildman–Crippen MR) is 155 cm³/mol. The number of pyridine rings is 1. The van der Waals surface area contributed by atoms with Crippen LogP contribution in [0.3, 0.4) is 0 Å². The molecule has 210 valence electrons. The Morgan fingerprint density at radius 1 is 1.23 bits per heavy atom. The maximum atomic E-state index is 13.1. The van der Waals surface area contributed by atoms with Crippen molar-refractivity contribution in [3.05, 3.63) is 58.3 Å². The maximum absolute atomic E-state index is 13.1. The Morgan fingerprint density at radius 3 is 2.62 bits per heavy atom. The standard InChI is InChI=1S/C25H31N5O6S3/c1-25(2,3)36-24(33)28-19(15-38-39-23-20(30(34)35)5-4-12-26-23)22(32)27-18-9-6-17(7-10-18)8-11-21(31)29-13-14-37-16-29/h4-7,9-10,12,19H,8,11,13-16H2,1-3H3,(H,27,32)(H,28,33). The van der Waals surface area contributed by atoms with E-state index in [9.17, 15) is 24.5 Å². The zero-order valence-electron chi connectivity index (χ0n) is 21.9. The molecule has 1 unspecified atom stereocenters. The van der Waals surface area contributed by atoms with E-state index in [1.807, 2.05) is 17.0 Å². The number of benzene rings is 1. The molecule has 3 amide bonds. The van der Waals surface area contributed by atoms with Gasteiger partial charge in [0.1, 0.15) is 11.6 Å². The van der Waals surface area contributed by atoms with Gasteiger partial charge in [0.25, 0.3) is 0 Å². The highest BCUT2D eigenvalue weighted by molar-refractivity contribution is 8.76. The van der Waals surface area contributed by atoms with Crippen LogP contribution in [-0.2, 0) is 20.7 Å². The van der Waals surface area contributed by atoms with E-state index >= 15 is 0 Å². The van der Waals surface area contributed by atoms with E-state index in [4.69, 9.17) is 4.74 Å². The van der Waals surface area contributed by atoms with Gasteiger partial charge in [-0.2, -0.15) is 0 Å². The van der Waals surface area contributed by atoms with Crippen LogP contribution in [0.25, 0.3) is 0 Å². The highest BCUT2D eigenvalue weighted by atomic mass is 33.1. The molecule has 1 aromatic heterocycles. The fourth-order valence-corrected chi connectivity index (χ4v) is 6.57. The number of amides is 3. The lowest BCUT2D eigenvalue weighted by atomic mass is 10.1. The molecule has 1 atom stereocenters. The molecular weight excluding hydrogens is 563 g/mol. The Morgan fingerprint density at radius 2 is 1.97 bits per heavy atom. The Hall–Kier alpha value is -2.97. The summed E-state index contributed by atoms with van der Waals surface area (Å²) in [5.74, 6) is 1.49. The lowest BCUT2D eigenvalue weighted by Gasteiger charge is -2.23. The number of hydrogen-bond donors (Lipinski definition) is 2. The summed E-state index contributed by atoms with van der Waals surface area (Å²) in [7, 11) is 2.19. The number of hydrogen-bond acceptors (Lipinski definition) is 10. The highest BCUT2D eigenvalue weighted by Gasteiger charge is 2.26. The van der Waals surface area contributed by atoms with E-state index < -0.39 is 28.6 Å². The van der Waals surface area contributed by atoms with E-state index in [0.29, 0.717) is 18.5 Å². The molecule has 2 aromatic rings. The van der Waals surface area contributed by atoms with Crippen LogP contribution >= 0.6 is 33.3 Å². The van der Waals surface area contributed by atoms with Crippen molar-refractivity contribution >= 4 is 62.6 Å². The van der Waals surface area contributed by atoms with Crippen LogP contribution in [0.15, 0.2) is 47.6 Å². The van der Waals surface area contributed by atoms with Crippen molar-refractivity contribution in [2.75, 3.05) is 29.2 Å². The van der Waals surface area contributed by atoms with Crippen LogP contribution in [0.2, 0.25) is 0 Å². The van der Waals surface area contributed by atoms with Crippen LogP contribution < -0.4 is 10.6 Å². The molecule has 0 spiro atoms. The number of anilines is 1. The van der Waals surface area contributed by atoms with Crippen molar-refractivity contribution in [2.45, 2.75) is 50.3 Å². The second-order valence-electron chi connectivity index (χ2n) is 9.53. The smallest absolute Gasteiger partial charge is 0.408 e. The van der Waals surface area contributed by atoms with Crippen LogP contribution in [0.5, 0.6) is 0 Å². The zero-order valence-corrected chi connectivity index (χ0v) is 24.3. The number of carbonyl (C=O) groups is 3. The minimum atomic E-state index is -0.990. The van der Waals surface area contributed by atoms with Crippen molar-refractivity contribution < 1.29 is 24.0 Å². The summed E-state index contributed by atoms with van der Waals surface area (Å²) in [6.07, 6.45) is 1.72. The molecule has 1 fully saturated rings. The number of nitrogens with one attached hydrogen (secondary N) is 2. The minimum absolute atomic E-state index is 0.0957. The van der Waals surface area contributed by atoms with E-state index in [0.717, 1.165) is 45.3 Å². The lowest BCUT2D eigenvalue weighted by Crippen LogP contribution is -2.47. The number of rotatable bonds is 11. The van der Waals surface area contributed by atoms with Crippen molar-refractivity contribution in [1.29, 1.82) is 0 Å². The number of nitro groups is 1. The van der Waals surface area contributed by atoms with E-state index in [2.05, 4.69) is 15.6 Å². The minimum Gasteiger partial charge on any atom is -0.444 e. The van der Waals surface area contributed by atoms with Crippen molar-refractivity contribution in [1.82, 2.24) is 15.2 Å². The van der Waals surface area contributed by atoms with Crippen LogP contribution in [0, 0.1) is 10.1 Å². The zero-order chi connectivity index (χ0) is 28.4. The first-order valence-corrected chi connectivity index (χ1v) is 15.6. The Bertz CT molecular complexity index is 1170. The third-order valence-corrected chi connectivity index (χ3v) is 8.54. The SMILES string of the molecule is CC(C)(C)OC(=O)NC(CSSc1ncccc1[N+](=O)[O-])C(=O)Nc1ccc(CCC(=O)N2CCSC2)cc1. The summed E-state index contributed by atoms with van der Waals surface area (Å²) in [5.41, 5.74) is 0.602. The van der Waals surface area contributed by atoms with Gasteiger partial charge in [0.15, 0.2) is 5.03 Å². The molecule has 14 heteroatoms. The van der Waals surface area contributed by atoms with Gasteiger partial charge in [-0.15, -0.1) is 11.8 Å². The molecule has 0 radical (unpaired) electrons. The maximum Gasteiger partial charge on any atom is 0.408 e. The van der Waals surface area contributed by atoms with Gasteiger partial charge >= 0.3 is 11.8 Å². The van der Waals surface area contributed by atoms with Gasteiger partial charge in [-0.3, -0.25) is 19.7 Å². The topological polar surface area (TPSA) is 144 Å². The molecule has 1 aromatic carbocycles. The second-order valence-corrected chi connectivity index (χ2v) is 12.9. The normalized spacial score (nSPS) is 14.0. The van der Waals surface area contributed by atoms with E-state index in [1.54, 1.807) is 44.7 Å². The Kier molecular flexibility index (Phi) is 11.3. The number of ether oxygens (including phenoxy) is 1. The first-order chi connectivity index (χ1) is 18.5. The van der Waals surface area contributed by atoms with Crippen molar-refractivity contribution in [3.63, 3.8) is 0 Å². The Balaban J connectivity index is 1.59. The number of alkyl carbamates (subject to hydrolysis) is 1. The van der Waals surface area contributed by atoms with Gasteiger partial charge in [-0.25, -0.2) is 9.78 Å². The van der Waals surface area contributed by atoms with Crippen LogP contribution in [0.1, 0.15) is 32.8 Å². The largest absolute Gasteiger partial charge is 0.444 e. The molecule has 3 rings (SSSR count). The average Bonchev–Trinajstić information content (AvgIpc) is 3.42.